The second-order valence-electron chi connectivity index (χ2n) is 9.99. The van der Waals surface area contributed by atoms with Crippen molar-refractivity contribution < 1.29 is 17.9 Å². The molecule has 0 heterocycles. The molecule has 192 valence electrons. The summed E-state index contributed by atoms with van der Waals surface area (Å²) < 4.78 is 34.3. The number of nitrogens with zero attached hydrogens (tertiary/aromatic N) is 1. The average Bonchev–Trinajstić information content (AvgIpc) is 2.82. The molecule has 0 aliphatic rings. The maximum absolute atomic E-state index is 13.6. The molecule has 0 aromatic heterocycles. The minimum atomic E-state index is -3.96. The van der Waals surface area contributed by atoms with Gasteiger partial charge in [-0.25, -0.2) is 8.42 Å². The fourth-order valence-electron chi connectivity index (χ4n) is 3.89. The Balaban J connectivity index is 1.75. The zero-order valence-electron chi connectivity index (χ0n) is 22.0. The second kappa shape index (κ2) is 11.2. The van der Waals surface area contributed by atoms with E-state index in [9.17, 15) is 13.2 Å². The number of anilines is 1. The summed E-state index contributed by atoms with van der Waals surface area (Å²) in [5.74, 6) is 0.373. The van der Waals surface area contributed by atoms with Gasteiger partial charge in [0.05, 0.1) is 17.1 Å². The molecule has 3 aromatic carbocycles. The molecule has 0 aliphatic heterocycles. The number of carbonyl (C=O) groups excluding carboxylic acids is 1. The topological polar surface area (TPSA) is 75.7 Å². The Hall–Kier alpha value is -3.32. The summed E-state index contributed by atoms with van der Waals surface area (Å²) in [5, 5.41) is 2.81. The van der Waals surface area contributed by atoms with Gasteiger partial charge >= 0.3 is 0 Å². The summed E-state index contributed by atoms with van der Waals surface area (Å²) >= 11 is 0. The Morgan fingerprint density at radius 2 is 1.58 bits per heavy atom. The Bertz CT molecular complexity index is 1310. The van der Waals surface area contributed by atoms with Crippen molar-refractivity contribution in [2.45, 2.75) is 51.9 Å². The molecule has 6 nitrogen and oxygen atoms in total. The van der Waals surface area contributed by atoms with Crippen LogP contribution in [0.1, 0.15) is 43.0 Å². The number of aryl methyl sites for hydroxylation is 2. The molecule has 7 heteroatoms. The lowest BCUT2D eigenvalue weighted by Gasteiger charge is -2.26. The summed E-state index contributed by atoms with van der Waals surface area (Å²) in [4.78, 5) is 13.1. The van der Waals surface area contributed by atoms with E-state index in [4.69, 9.17) is 4.74 Å². The van der Waals surface area contributed by atoms with Gasteiger partial charge in [-0.1, -0.05) is 68.8 Å². The van der Waals surface area contributed by atoms with Gasteiger partial charge in [0, 0.05) is 0 Å². The Morgan fingerprint density at radius 1 is 0.917 bits per heavy atom. The molecule has 0 saturated carbocycles. The van der Waals surface area contributed by atoms with Gasteiger partial charge < -0.3 is 10.1 Å². The summed E-state index contributed by atoms with van der Waals surface area (Å²) in [6.07, 6.45) is 0. The smallest absolute Gasteiger partial charge is 0.264 e. The van der Waals surface area contributed by atoms with Crippen molar-refractivity contribution in [2.24, 2.45) is 0 Å². The van der Waals surface area contributed by atoms with Crippen LogP contribution in [-0.4, -0.2) is 34.0 Å². The van der Waals surface area contributed by atoms with E-state index in [1.54, 1.807) is 36.4 Å². The number of sulfonamides is 1. The first-order chi connectivity index (χ1) is 16.9. The predicted octanol–water partition coefficient (Wildman–Crippen LogP) is 5.30. The fourth-order valence-corrected chi connectivity index (χ4v) is 5.37. The van der Waals surface area contributed by atoms with Gasteiger partial charge in [0.1, 0.15) is 18.9 Å². The summed E-state index contributed by atoms with van der Waals surface area (Å²) in [6.45, 7) is 12.2. The molecular weight excluding hydrogens is 472 g/mol. The molecule has 0 fully saturated rings. The van der Waals surface area contributed by atoms with E-state index in [-0.39, 0.29) is 30.0 Å². The third kappa shape index (κ3) is 6.46. The largest absolute Gasteiger partial charge is 0.491 e. The van der Waals surface area contributed by atoms with Crippen molar-refractivity contribution in [3.05, 3.63) is 89.0 Å². The lowest BCUT2D eigenvalue weighted by molar-refractivity contribution is -0.119. The van der Waals surface area contributed by atoms with E-state index in [1.807, 2.05) is 51.1 Å². The van der Waals surface area contributed by atoms with Gasteiger partial charge in [-0.05, 0) is 67.1 Å². The first kappa shape index (κ1) is 27.3. The Morgan fingerprint density at radius 3 is 2.25 bits per heavy atom. The van der Waals surface area contributed by atoms with E-state index in [0.717, 1.165) is 28.0 Å². The molecule has 0 spiro atoms. The number of amides is 1. The molecular formula is C29H36N2O4S. The first-order valence-corrected chi connectivity index (χ1v) is 13.5. The van der Waals surface area contributed by atoms with E-state index in [1.165, 1.54) is 4.31 Å². The molecule has 3 rings (SSSR count). The van der Waals surface area contributed by atoms with Crippen LogP contribution in [0.5, 0.6) is 5.75 Å². The van der Waals surface area contributed by atoms with Gasteiger partial charge in [0.25, 0.3) is 10.0 Å². The van der Waals surface area contributed by atoms with E-state index < -0.39 is 15.9 Å². The van der Waals surface area contributed by atoms with Crippen LogP contribution in [0.2, 0.25) is 0 Å². The van der Waals surface area contributed by atoms with Crippen LogP contribution in [0.15, 0.2) is 71.6 Å². The second-order valence-corrected chi connectivity index (χ2v) is 11.9. The molecule has 0 saturated heterocycles. The molecule has 3 aromatic rings. The molecule has 0 radical (unpaired) electrons. The maximum atomic E-state index is 13.6. The standard InChI is InChI=1S/C29H36N2O4S/c1-21-14-16-24(17-15-21)36(33,34)31(26-12-9-10-22(2)23(26)3)20-28(32)30-18-19-35-27-13-8-7-11-25(27)29(4,5)6/h7-17H,18-20H2,1-6H3,(H,30,32). The van der Waals surface area contributed by atoms with Crippen LogP contribution in [0.3, 0.4) is 0 Å². The highest BCUT2D eigenvalue weighted by atomic mass is 32.2. The van der Waals surface area contributed by atoms with Crippen molar-refractivity contribution >= 4 is 21.6 Å². The summed E-state index contributed by atoms with van der Waals surface area (Å²) in [7, 11) is -3.96. The Labute approximate surface area is 215 Å². The van der Waals surface area contributed by atoms with Gasteiger partial charge in [-0.15, -0.1) is 0 Å². The highest BCUT2D eigenvalue weighted by Crippen LogP contribution is 2.31. The van der Waals surface area contributed by atoms with Crippen LogP contribution < -0.4 is 14.4 Å². The normalized spacial score (nSPS) is 11.7. The number of ether oxygens (including phenoxy) is 1. The molecule has 36 heavy (non-hydrogen) atoms. The molecule has 0 aliphatic carbocycles. The number of rotatable bonds is 9. The monoisotopic (exact) mass is 508 g/mol. The first-order valence-electron chi connectivity index (χ1n) is 12.1. The zero-order chi connectivity index (χ0) is 26.5. The number of hydrogen-bond acceptors (Lipinski definition) is 4. The van der Waals surface area contributed by atoms with E-state index >= 15 is 0 Å². The minimum Gasteiger partial charge on any atom is -0.491 e. The highest BCUT2D eigenvalue weighted by molar-refractivity contribution is 7.92. The third-order valence-corrected chi connectivity index (χ3v) is 7.89. The lowest BCUT2D eigenvalue weighted by Crippen LogP contribution is -2.42. The van der Waals surface area contributed by atoms with Gasteiger partial charge in [-0.3, -0.25) is 9.10 Å². The van der Waals surface area contributed by atoms with Gasteiger partial charge in [0.2, 0.25) is 5.91 Å². The predicted molar refractivity (Wildman–Crippen MR) is 145 cm³/mol. The number of carbonyl (C=O) groups is 1. The van der Waals surface area contributed by atoms with Gasteiger partial charge in [0.15, 0.2) is 0 Å². The third-order valence-electron chi connectivity index (χ3n) is 6.12. The molecule has 1 amide bonds. The van der Waals surface area contributed by atoms with Crippen molar-refractivity contribution in [2.75, 3.05) is 24.0 Å². The summed E-state index contributed by atoms with van der Waals surface area (Å²) in [5.41, 5.74) is 4.21. The minimum absolute atomic E-state index is 0.0731. The summed E-state index contributed by atoms with van der Waals surface area (Å²) in [6, 6.07) is 19.9. The number of para-hydroxylation sites is 1. The highest BCUT2D eigenvalue weighted by Gasteiger charge is 2.28. The van der Waals surface area contributed by atoms with Crippen LogP contribution >= 0.6 is 0 Å². The van der Waals surface area contributed by atoms with Crippen LogP contribution in [0.4, 0.5) is 5.69 Å². The fraction of sp³-hybridized carbons (Fsp3) is 0.345. The Kier molecular flexibility index (Phi) is 8.46. The van der Waals surface area contributed by atoms with Gasteiger partial charge in [-0.2, -0.15) is 0 Å². The molecule has 0 bridgehead atoms. The van der Waals surface area contributed by atoms with Crippen molar-refractivity contribution in [3.8, 4) is 5.75 Å². The van der Waals surface area contributed by atoms with Crippen LogP contribution in [0.25, 0.3) is 0 Å². The van der Waals surface area contributed by atoms with Crippen LogP contribution in [0, 0.1) is 20.8 Å². The van der Waals surface area contributed by atoms with E-state index in [0.29, 0.717) is 5.69 Å². The maximum Gasteiger partial charge on any atom is 0.264 e. The van der Waals surface area contributed by atoms with Crippen molar-refractivity contribution in [3.63, 3.8) is 0 Å². The molecule has 0 unspecified atom stereocenters. The quantitative estimate of drug-likeness (QED) is 0.398. The van der Waals surface area contributed by atoms with Crippen LogP contribution in [-0.2, 0) is 20.2 Å². The SMILES string of the molecule is Cc1ccc(S(=O)(=O)N(CC(=O)NCCOc2ccccc2C(C)(C)C)c2cccc(C)c2C)cc1. The number of nitrogens with one attached hydrogen (secondary N) is 1. The number of benzene rings is 3. The van der Waals surface area contributed by atoms with E-state index in [2.05, 4.69) is 26.1 Å². The molecule has 0 atom stereocenters. The number of hydrogen-bond donors (Lipinski definition) is 1. The lowest BCUT2D eigenvalue weighted by atomic mass is 9.86. The van der Waals surface area contributed by atoms with Crippen molar-refractivity contribution in [1.82, 2.24) is 5.32 Å². The van der Waals surface area contributed by atoms with Crippen molar-refractivity contribution in [1.29, 1.82) is 0 Å². The average molecular weight is 509 g/mol. The molecule has 1 N–H and O–H groups in total. The zero-order valence-corrected chi connectivity index (χ0v) is 22.8.